The van der Waals surface area contributed by atoms with Crippen molar-refractivity contribution < 1.29 is 9.53 Å². The van der Waals surface area contributed by atoms with E-state index in [1.807, 2.05) is 20.8 Å². The number of halogens is 1. The number of alkyl carbamates (subject to hydrolysis) is 1. The van der Waals surface area contributed by atoms with Gasteiger partial charge in [-0.1, -0.05) is 0 Å². The van der Waals surface area contributed by atoms with E-state index in [0.29, 0.717) is 5.92 Å². The molecule has 1 fully saturated rings. The normalized spacial score (nSPS) is 23.3. The second kappa shape index (κ2) is 4.61. The Hall–Kier alpha value is -0.550. The highest BCUT2D eigenvalue weighted by molar-refractivity contribution is 9.10. The number of hydrogen-bond donors (Lipinski definition) is 1. The Labute approximate surface area is 114 Å². The minimum Gasteiger partial charge on any atom is -0.444 e. The lowest BCUT2D eigenvalue weighted by Gasteiger charge is -2.19. The van der Waals surface area contributed by atoms with Gasteiger partial charge in [0.1, 0.15) is 5.60 Å². The molecule has 2 rings (SSSR count). The Bertz CT molecular complexity index is 424. The van der Waals surface area contributed by atoms with Crippen molar-refractivity contribution in [2.24, 2.45) is 0 Å². The summed E-state index contributed by atoms with van der Waals surface area (Å²) in [5, 5.41) is 4.97. The number of ether oxygens (including phenoxy) is 1. The molecule has 5 heteroatoms. The van der Waals surface area contributed by atoms with Gasteiger partial charge in [0.05, 0.1) is 0 Å². The molecule has 1 aromatic rings. The first-order valence-electron chi connectivity index (χ1n) is 5.58. The Kier molecular flexibility index (Phi) is 3.50. The lowest BCUT2D eigenvalue weighted by Crippen LogP contribution is -2.34. The molecule has 1 heterocycles. The van der Waals surface area contributed by atoms with Gasteiger partial charge >= 0.3 is 6.09 Å². The van der Waals surface area contributed by atoms with E-state index in [1.54, 1.807) is 11.3 Å². The molecule has 0 radical (unpaired) electrons. The highest BCUT2D eigenvalue weighted by atomic mass is 79.9. The average molecular weight is 318 g/mol. The Morgan fingerprint density at radius 3 is 2.82 bits per heavy atom. The summed E-state index contributed by atoms with van der Waals surface area (Å²) in [5.74, 6) is 0.457. The van der Waals surface area contributed by atoms with E-state index in [9.17, 15) is 4.79 Å². The van der Waals surface area contributed by atoms with Crippen LogP contribution in [0.1, 0.15) is 38.0 Å². The summed E-state index contributed by atoms with van der Waals surface area (Å²) < 4.78 is 6.33. The fourth-order valence-corrected chi connectivity index (χ4v) is 3.28. The number of nitrogens with one attached hydrogen (secondary N) is 1. The molecular weight excluding hydrogens is 302 g/mol. The Balaban J connectivity index is 1.82. The van der Waals surface area contributed by atoms with Crippen LogP contribution in [-0.2, 0) is 4.74 Å². The summed E-state index contributed by atoms with van der Waals surface area (Å²) >= 11 is 5.16. The third-order valence-corrected chi connectivity index (χ3v) is 4.27. The molecule has 3 nitrogen and oxygen atoms in total. The van der Waals surface area contributed by atoms with Crippen molar-refractivity contribution in [2.45, 2.75) is 44.8 Å². The monoisotopic (exact) mass is 317 g/mol. The molecule has 0 bridgehead atoms. The lowest BCUT2D eigenvalue weighted by atomic mass is 10.2. The van der Waals surface area contributed by atoms with E-state index in [-0.39, 0.29) is 12.1 Å². The summed E-state index contributed by atoms with van der Waals surface area (Å²) in [5.41, 5.74) is -0.430. The van der Waals surface area contributed by atoms with Gasteiger partial charge in [-0.15, -0.1) is 11.3 Å². The molecule has 0 aromatic carbocycles. The predicted octanol–water partition coefficient (Wildman–Crippen LogP) is 3.89. The van der Waals surface area contributed by atoms with Gasteiger partial charge in [-0.05, 0) is 49.2 Å². The summed E-state index contributed by atoms with van der Waals surface area (Å²) in [6.45, 7) is 5.61. The number of thiophene rings is 1. The maximum absolute atomic E-state index is 11.6. The summed E-state index contributed by atoms with van der Waals surface area (Å²) in [6.07, 6.45) is 0.687. The van der Waals surface area contributed by atoms with E-state index < -0.39 is 5.60 Å². The molecule has 0 aliphatic heterocycles. The standard InChI is InChI=1S/C12H16BrNO2S/c1-12(2,3)16-11(15)14-9-5-8(9)10-4-7(13)6-17-10/h4,6,8-9H,5H2,1-3H3,(H,14,15)/t8?,9-/m1/s1. The third-order valence-electron chi connectivity index (χ3n) is 2.45. The fraction of sp³-hybridized carbons (Fsp3) is 0.583. The van der Waals surface area contributed by atoms with Crippen molar-refractivity contribution in [1.82, 2.24) is 5.32 Å². The number of carbonyl (C=O) groups is 1. The van der Waals surface area contributed by atoms with Crippen molar-refractivity contribution in [3.05, 3.63) is 20.8 Å². The molecule has 1 aliphatic carbocycles. The minimum atomic E-state index is -0.430. The zero-order chi connectivity index (χ0) is 12.6. The first-order valence-corrected chi connectivity index (χ1v) is 7.26. The zero-order valence-corrected chi connectivity index (χ0v) is 12.5. The molecule has 1 N–H and O–H groups in total. The molecule has 17 heavy (non-hydrogen) atoms. The third kappa shape index (κ3) is 3.71. The maximum Gasteiger partial charge on any atom is 0.407 e. The highest BCUT2D eigenvalue weighted by Gasteiger charge is 2.41. The summed E-state index contributed by atoms with van der Waals surface area (Å²) in [4.78, 5) is 12.9. The van der Waals surface area contributed by atoms with Crippen molar-refractivity contribution in [1.29, 1.82) is 0 Å². The molecule has 1 amide bonds. The fourth-order valence-electron chi connectivity index (χ4n) is 1.65. The summed E-state index contributed by atoms with van der Waals surface area (Å²) in [6, 6.07) is 2.35. The van der Waals surface area contributed by atoms with E-state index in [2.05, 4.69) is 32.7 Å². The van der Waals surface area contributed by atoms with E-state index >= 15 is 0 Å². The van der Waals surface area contributed by atoms with Crippen LogP contribution in [0, 0.1) is 0 Å². The van der Waals surface area contributed by atoms with Crippen LogP contribution in [0.3, 0.4) is 0 Å². The first-order chi connectivity index (χ1) is 7.85. The number of amides is 1. The van der Waals surface area contributed by atoms with Gasteiger partial charge < -0.3 is 10.1 Å². The van der Waals surface area contributed by atoms with E-state index in [1.165, 1.54) is 4.88 Å². The van der Waals surface area contributed by atoms with Gasteiger partial charge in [-0.3, -0.25) is 0 Å². The molecule has 1 aromatic heterocycles. The second-order valence-corrected chi connectivity index (χ2v) is 7.12. The topological polar surface area (TPSA) is 38.3 Å². The molecule has 0 saturated heterocycles. The zero-order valence-electron chi connectivity index (χ0n) is 10.1. The molecular formula is C12H16BrNO2S. The van der Waals surface area contributed by atoms with Crippen LogP contribution in [0.5, 0.6) is 0 Å². The highest BCUT2D eigenvalue weighted by Crippen LogP contribution is 2.44. The minimum absolute atomic E-state index is 0.232. The molecule has 1 unspecified atom stereocenters. The quantitative estimate of drug-likeness (QED) is 0.898. The SMILES string of the molecule is CC(C)(C)OC(=O)N[C@@H]1CC1c1cc(Br)cs1. The van der Waals surface area contributed by atoms with Gasteiger partial charge in [0.15, 0.2) is 0 Å². The smallest absolute Gasteiger partial charge is 0.407 e. The molecule has 2 atom stereocenters. The Morgan fingerprint density at radius 2 is 2.29 bits per heavy atom. The van der Waals surface area contributed by atoms with Gasteiger partial charge in [-0.2, -0.15) is 0 Å². The Morgan fingerprint density at radius 1 is 1.59 bits per heavy atom. The number of rotatable bonds is 2. The van der Waals surface area contributed by atoms with Gasteiger partial charge in [0, 0.05) is 26.7 Å². The van der Waals surface area contributed by atoms with Crippen LogP contribution in [0.25, 0.3) is 0 Å². The van der Waals surface area contributed by atoms with Crippen molar-refractivity contribution in [3.63, 3.8) is 0 Å². The van der Waals surface area contributed by atoms with Crippen LogP contribution < -0.4 is 5.32 Å². The van der Waals surface area contributed by atoms with E-state index in [0.717, 1.165) is 10.9 Å². The average Bonchev–Trinajstić information content (AvgIpc) is 2.75. The van der Waals surface area contributed by atoms with Gasteiger partial charge in [0.2, 0.25) is 0 Å². The lowest BCUT2D eigenvalue weighted by molar-refractivity contribution is 0.0523. The maximum atomic E-state index is 11.6. The molecule has 1 saturated carbocycles. The van der Waals surface area contributed by atoms with E-state index in [4.69, 9.17) is 4.74 Å². The van der Waals surface area contributed by atoms with Gasteiger partial charge in [-0.25, -0.2) is 4.79 Å². The van der Waals surface area contributed by atoms with Crippen molar-refractivity contribution in [2.75, 3.05) is 0 Å². The largest absolute Gasteiger partial charge is 0.444 e. The number of hydrogen-bond acceptors (Lipinski definition) is 3. The summed E-state index contributed by atoms with van der Waals surface area (Å²) in [7, 11) is 0. The predicted molar refractivity (Wildman–Crippen MR) is 72.5 cm³/mol. The van der Waals surface area contributed by atoms with Crippen LogP contribution in [-0.4, -0.2) is 17.7 Å². The molecule has 94 valence electrons. The van der Waals surface area contributed by atoms with Gasteiger partial charge in [0.25, 0.3) is 0 Å². The van der Waals surface area contributed by atoms with Crippen molar-refractivity contribution in [3.8, 4) is 0 Å². The van der Waals surface area contributed by atoms with Crippen LogP contribution in [0.2, 0.25) is 0 Å². The second-order valence-electron chi connectivity index (χ2n) is 5.26. The van der Waals surface area contributed by atoms with Crippen LogP contribution in [0.15, 0.2) is 15.9 Å². The van der Waals surface area contributed by atoms with Crippen LogP contribution in [0.4, 0.5) is 4.79 Å². The van der Waals surface area contributed by atoms with Crippen molar-refractivity contribution >= 4 is 33.4 Å². The molecule has 0 spiro atoms. The first kappa shape index (κ1) is 12.9. The number of carbonyl (C=O) groups excluding carboxylic acids is 1. The van der Waals surface area contributed by atoms with Crippen LogP contribution >= 0.6 is 27.3 Å². The molecule has 1 aliphatic rings.